The Balaban J connectivity index is 0.00000306. The van der Waals surface area contributed by atoms with Gasteiger partial charge in [-0.1, -0.05) is 29.8 Å². The van der Waals surface area contributed by atoms with Crippen LogP contribution in [0.2, 0.25) is 5.02 Å². The van der Waals surface area contributed by atoms with Crippen LogP contribution in [0.25, 0.3) is 15.6 Å². The van der Waals surface area contributed by atoms with Gasteiger partial charge in [0.25, 0.3) is 0 Å². The molecule has 0 amide bonds. The topological polar surface area (TPSA) is 63.9 Å². The summed E-state index contributed by atoms with van der Waals surface area (Å²) in [5, 5.41) is 14.9. The van der Waals surface area contributed by atoms with Gasteiger partial charge in [0.2, 0.25) is 0 Å². The summed E-state index contributed by atoms with van der Waals surface area (Å²) in [6.07, 6.45) is 2.99. The number of hydrogen-bond acceptors (Lipinski definition) is 6. The zero-order valence-electron chi connectivity index (χ0n) is 18.7. The molecule has 0 unspecified atom stereocenters. The average molecular weight is 488 g/mol. The molecule has 2 heterocycles. The van der Waals surface area contributed by atoms with Crippen LogP contribution < -0.4 is 15.0 Å². The fourth-order valence-electron chi connectivity index (χ4n) is 4.06. The molecule has 33 heavy (non-hydrogen) atoms. The van der Waals surface area contributed by atoms with Crippen LogP contribution in [-0.4, -0.2) is 50.2 Å². The number of piperidine rings is 1. The number of aromatic nitrogens is 2. The van der Waals surface area contributed by atoms with Crippen LogP contribution in [0.1, 0.15) is 18.4 Å². The molecule has 7 nitrogen and oxygen atoms in total. The monoisotopic (exact) mass is 487 g/mol. The molecule has 1 aliphatic heterocycles. The van der Waals surface area contributed by atoms with Gasteiger partial charge in [-0.2, -0.15) is 0 Å². The summed E-state index contributed by atoms with van der Waals surface area (Å²) in [6, 6.07) is 11.5. The standard InChI is InChI=1S/C24H26ClN5O2.ClH/c1-26-17-5-6-19-20(15-17)23(27-11-8-16-4-7-22(32-3)21(25)14-16)28-29-24(19)30-12-9-18(31-2)10-13-30;/h4-7,14-15,18H,8-13H2,2-3H3,(H,27,28);1H. The molecular weight excluding hydrogens is 461 g/mol. The second kappa shape index (κ2) is 11.4. The van der Waals surface area contributed by atoms with Gasteiger partial charge in [-0.05, 0) is 43.0 Å². The van der Waals surface area contributed by atoms with Crippen molar-refractivity contribution in [2.24, 2.45) is 0 Å². The van der Waals surface area contributed by atoms with Crippen molar-refractivity contribution in [3.05, 3.63) is 58.4 Å². The Bertz CT molecular complexity index is 1140. The summed E-state index contributed by atoms with van der Waals surface area (Å²) >= 11 is 6.24. The largest absolute Gasteiger partial charge is 0.495 e. The number of fused-ring (bicyclic) bond motifs is 1. The molecule has 2 aromatic carbocycles. The average Bonchev–Trinajstić information content (AvgIpc) is 2.84. The zero-order chi connectivity index (χ0) is 22.5. The second-order valence-corrected chi connectivity index (χ2v) is 8.19. The van der Waals surface area contributed by atoms with Crippen LogP contribution in [0.4, 0.5) is 17.3 Å². The maximum absolute atomic E-state index is 7.41. The van der Waals surface area contributed by atoms with Gasteiger partial charge in [0.05, 0.1) is 24.8 Å². The second-order valence-electron chi connectivity index (χ2n) is 7.78. The van der Waals surface area contributed by atoms with Gasteiger partial charge < -0.3 is 19.7 Å². The quantitative estimate of drug-likeness (QED) is 0.441. The van der Waals surface area contributed by atoms with Crippen molar-refractivity contribution in [2.75, 3.05) is 44.1 Å². The SMILES string of the molecule is Cl.[C-]#[N+]c1ccc2c(N3CCC(OC)CC3)nnc(NCCc3ccc(OC)c(Cl)c3)c2c1. The molecule has 9 heteroatoms. The molecule has 0 saturated carbocycles. The van der Waals surface area contributed by atoms with Crippen molar-refractivity contribution in [3.8, 4) is 5.75 Å². The third-order valence-electron chi connectivity index (χ3n) is 5.87. The van der Waals surface area contributed by atoms with Gasteiger partial charge in [0.1, 0.15) is 5.75 Å². The summed E-state index contributed by atoms with van der Waals surface area (Å²) in [6.45, 7) is 9.81. The van der Waals surface area contributed by atoms with Gasteiger partial charge in [-0.15, -0.1) is 22.6 Å². The normalized spacial score (nSPS) is 13.9. The van der Waals surface area contributed by atoms with E-state index < -0.39 is 0 Å². The van der Waals surface area contributed by atoms with E-state index in [-0.39, 0.29) is 12.4 Å². The molecule has 1 aromatic heterocycles. The van der Waals surface area contributed by atoms with Crippen molar-refractivity contribution < 1.29 is 9.47 Å². The minimum atomic E-state index is 0. The van der Waals surface area contributed by atoms with Crippen LogP contribution in [0.15, 0.2) is 36.4 Å². The van der Waals surface area contributed by atoms with Crippen LogP contribution >= 0.6 is 24.0 Å². The lowest BCUT2D eigenvalue weighted by Gasteiger charge is -2.32. The van der Waals surface area contributed by atoms with Gasteiger partial charge in [-0.25, -0.2) is 4.85 Å². The summed E-state index contributed by atoms with van der Waals surface area (Å²) in [5.41, 5.74) is 1.68. The molecule has 4 rings (SSSR count). The highest BCUT2D eigenvalue weighted by atomic mass is 35.5. The van der Waals surface area contributed by atoms with Gasteiger partial charge in [-0.3, -0.25) is 0 Å². The predicted octanol–water partition coefficient (Wildman–Crippen LogP) is 5.53. The summed E-state index contributed by atoms with van der Waals surface area (Å²) in [7, 11) is 3.37. The number of halogens is 2. The molecule has 0 bridgehead atoms. The van der Waals surface area contributed by atoms with Crippen molar-refractivity contribution in [1.29, 1.82) is 0 Å². The van der Waals surface area contributed by atoms with Crippen LogP contribution in [0, 0.1) is 6.57 Å². The van der Waals surface area contributed by atoms with E-state index in [0.717, 1.165) is 54.5 Å². The fourth-order valence-corrected chi connectivity index (χ4v) is 4.34. The highest BCUT2D eigenvalue weighted by molar-refractivity contribution is 6.32. The smallest absolute Gasteiger partial charge is 0.188 e. The Labute approximate surface area is 205 Å². The number of nitrogens with zero attached hydrogens (tertiary/aromatic N) is 4. The lowest BCUT2D eigenvalue weighted by atomic mass is 10.1. The number of benzene rings is 2. The fraction of sp³-hybridized carbons (Fsp3) is 0.375. The Morgan fingerprint density at radius 2 is 1.91 bits per heavy atom. The Morgan fingerprint density at radius 3 is 2.58 bits per heavy atom. The van der Waals surface area contributed by atoms with E-state index in [4.69, 9.17) is 27.6 Å². The first kappa shape index (κ1) is 24.8. The maximum atomic E-state index is 7.41. The molecule has 1 fully saturated rings. The Morgan fingerprint density at radius 1 is 1.12 bits per heavy atom. The van der Waals surface area contributed by atoms with E-state index in [2.05, 4.69) is 25.3 Å². The minimum Gasteiger partial charge on any atom is -0.495 e. The first-order valence-electron chi connectivity index (χ1n) is 10.6. The van der Waals surface area contributed by atoms with E-state index in [1.54, 1.807) is 14.2 Å². The number of anilines is 2. The lowest BCUT2D eigenvalue weighted by Crippen LogP contribution is -2.37. The van der Waals surface area contributed by atoms with Crippen molar-refractivity contribution in [1.82, 2.24) is 10.2 Å². The third-order valence-corrected chi connectivity index (χ3v) is 6.17. The summed E-state index contributed by atoms with van der Waals surface area (Å²) in [5.74, 6) is 2.20. The summed E-state index contributed by atoms with van der Waals surface area (Å²) in [4.78, 5) is 5.85. The Kier molecular flexibility index (Phi) is 8.56. The van der Waals surface area contributed by atoms with Crippen molar-refractivity contribution >= 4 is 52.1 Å². The minimum absolute atomic E-state index is 0. The molecule has 0 aliphatic carbocycles. The van der Waals surface area contributed by atoms with Gasteiger partial charge >= 0.3 is 0 Å². The van der Waals surface area contributed by atoms with Crippen LogP contribution in [0.3, 0.4) is 0 Å². The van der Waals surface area contributed by atoms with Gasteiger partial charge in [0, 0.05) is 37.5 Å². The summed E-state index contributed by atoms with van der Waals surface area (Å²) < 4.78 is 10.7. The Hall–Kier alpha value is -2.79. The number of hydrogen-bond donors (Lipinski definition) is 1. The third kappa shape index (κ3) is 5.59. The van der Waals surface area contributed by atoms with E-state index in [9.17, 15) is 0 Å². The molecular formula is C24H27Cl2N5O2. The molecule has 3 aromatic rings. The number of ether oxygens (including phenoxy) is 2. The molecule has 1 N–H and O–H groups in total. The molecule has 1 aliphatic rings. The highest BCUT2D eigenvalue weighted by Gasteiger charge is 2.22. The number of rotatable bonds is 7. The van der Waals surface area contributed by atoms with E-state index in [1.165, 1.54) is 0 Å². The molecule has 174 valence electrons. The van der Waals surface area contributed by atoms with E-state index in [0.29, 0.717) is 34.9 Å². The lowest BCUT2D eigenvalue weighted by molar-refractivity contribution is 0.0818. The molecule has 0 spiro atoms. The molecule has 0 radical (unpaired) electrons. The first-order valence-corrected chi connectivity index (χ1v) is 11.0. The van der Waals surface area contributed by atoms with Gasteiger partial charge in [0.15, 0.2) is 17.3 Å². The van der Waals surface area contributed by atoms with Crippen molar-refractivity contribution in [3.63, 3.8) is 0 Å². The highest BCUT2D eigenvalue weighted by Crippen LogP contribution is 2.33. The molecule has 0 atom stereocenters. The molecule has 1 saturated heterocycles. The van der Waals surface area contributed by atoms with Crippen LogP contribution in [-0.2, 0) is 11.2 Å². The first-order chi connectivity index (χ1) is 15.6. The number of nitrogens with one attached hydrogen (secondary N) is 1. The number of methoxy groups -OCH3 is 2. The van der Waals surface area contributed by atoms with Crippen molar-refractivity contribution in [2.45, 2.75) is 25.4 Å². The maximum Gasteiger partial charge on any atom is 0.188 e. The zero-order valence-corrected chi connectivity index (χ0v) is 20.2. The van der Waals surface area contributed by atoms with Crippen LogP contribution in [0.5, 0.6) is 5.75 Å². The van der Waals surface area contributed by atoms with E-state index >= 15 is 0 Å². The predicted molar refractivity (Wildman–Crippen MR) is 135 cm³/mol. The van der Waals surface area contributed by atoms with E-state index in [1.807, 2.05) is 36.4 Å².